The minimum atomic E-state index is 0.896. The molecule has 0 radical (unpaired) electrons. The summed E-state index contributed by atoms with van der Waals surface area (Å²) in [6.07, 6.45) is 1.07. The Morgan fingerprint density at radius 1 is 0.857 bits per heavy atom. The Hall–Kier alpha value is -2.41. The maximum atomic E-state index is 4.99. The van der Waals surface area contributed by atoms with Gasteiger partial charge in [0.05, 0.1) is 24.4 Å². The Bertz CT molecular complexity index is 929. The second-order valence-corrected chi connectivity index (χ2v) is 7.90. The highest BCUT2D eigenvalue weighted by Gasteiger charge is 2.31. The number of imidazole rings is 1. The lowest BCUT2D eigenvalue weighted by Crippen LogP contribution is -2.58. The second kappa shape index (κ2) is 7.54. The molecule has 0 saturated carbocycles. The van der Waals surface area contributed by atoms with Gasteiger partial charge >= 0.3 is 0 Å². The standard InChI is InChI=1S/C22H28N6/c1-24-13-15-26(16-14-24)28-18-25(12-11-19-7-3-2-4-8-19)17-27-21-10-6-5-9-20(21)23-22(27)28/h2-10H,11-18H2,1H3. The van der Waals surface area contributed by atoms with Crippen molar-refractivity contribution in [1.29, 1.82) is 0 Å². The van der Waals surface area contributed by atoms with Gasteiger partial charge in [0.2, 0.25) is 5.95 Å². The van der Waals surface area contributed by atoms with Gasteiger partial charge < -0.3 is 4.90 Å². The van der Waals surface area contributed by atoms with E-state index < -0.39 is 0 Å². The number of benzene rings is 2. The van der Waals surface area contributed by atoms with Crippen molar-refractivity contribution in [3.8, 4) is 0 Å². The lowest BCUT2D eigenvalue weighted by atomic mass is 10.1. The Morgan fingerprint density at radius 3 is 2.43 bits per heavy atom. The van der Waals surface area contributed by atoms with E-state index in [-0.39, 0.29) is 0 Å². The summed E-state index contributed by atoms with van der Waals surface area (Å²) in [7, 11) is 2.20. The van der Waals surface area contributed by atoms with Crippen LogP contribution < -0.4 is 5.01 Å². The molecule has 1 fully saturated rings. The molecule has 6 heteroatoms. The average Bonchev–Trinajstić information content (AvgIpc) is 3.12. The number of rotatable bonds is 4. The third-order valence-electron chi connectivity index (χ3n) is 5.92. The molecule has 0 N–H and O–H groups in total. The summed E-state index contributed by atoms with van der Waals surface area (Å²) in [4.78, 5) is 9.92. The number of fused-ring (bicyclic) bond motifs is 3. The fraction of sp³-hybridized carbons (Fsp3) is 0.409. The molecule has 1 aromatic heterocycles. The highest BCUT2D eigenvalue weighted by molar-refractivity contribution is 5.78. The molecule has 3 heterocycles. The second-order valence-electron chi connectivity index (χ2n) is 7.90. The van der Waals surface area contributed by atoms with Crippen molar-refractivity contribution < 1.29 is 0 Å². The zero-order valence-electron chi connectivity index (χ0n) is 16.5. The van der Waals surface area contributed by atoms with Crippen LogP contribution in [0.4, 0.5) is 5.95 Å². The number of hydrogen-bond donors (Lipinski definition) is 0. The van der Waals surface area contributed by atoms with Gasteiger partial charge in [0.1, 0.15) is 0 Å². The van der Waals surface area contributed by atoms with Crippen molar-refractivity contribution in [3.05, 3.63) is 60.2 Å². The van der Waals surface area contributed by atoms with E-state index in [1.54, 1.807) is 0 Å². The van der Waals surface area contributed by atoms with Crippen LogP contribution in [0.5, 0.6) is 0 Å². The SMILES string of the molecule is CN1CCN(N2CN(CCc3ccccc3)Cn3c2nc2ccccc23)CC1. The van der Waals surface area contributed by atoms with Crippen LogP contribution in [-0.2, 0) is 13.1 Å². The van der Waals surface area contributed by atoms with Crippen molar-refractivity contribution in [2.24, 2.45) is 0 Å². The zero-order valence-corrected chi connectivity index (χ0v) is 16.5. The van der Waals surface area contributed by atoms with Gasteiger partial charge in [-0.05, 0) is 31.2 Å². The Balaban J connectivity index is 1.42. The molecule has 3 aromatic rings. The zero-order chi connectivity index (χ0) is 18.9. The van der Waals surface area contributed by atoms with Crippen LogP contribution in [0.3, 0.4) is 0 Å². The minimum absolute atomic E-state index is 0.896. The van der Waals surface area contributed by atoms with Crippen LogP contribution in [0, 0.1) is 0 Å². The number of hydrazine groups is 1. The van der Waals surface area contributed by atoms with E-state index in [1.807, 2.05) is 0 Å². The number of para-hydroxylation sites is 2. The first kappa shape index (κ1) is 17.7. The van der Waals surface area contributed by atoms with Gasteiger partial charge in [0, 0.05) is 32.7 Å². The molecule has 146 valence electrons. The van der Waals surface area contributed by atoms with Crippen molar-refractivity contribution in [3.63, 3.8) is 0 Å². The lowest BCUT2D eigenvalue weighted by Gasteiger charge is -2.45. The molecule has 2 aliphatic rings. The maximum Gasteiger partial charge on any atom is 0.223 e. The van der Waals surface area contributed by atoms with Crippen molar-refractivity contribution in [1.82, 2.24) is 24.4 Å². The lowest BCUT2D eigenvalue weighted by molar-refractivity contribution is 0.0901. The van der Waals surface area contributed by atoms with Gasteiger partial charge in [-0.2, -0.15) is 0 Å². The van der Waals surface area contributed by atoms with Crippen LogP contribution in [0.1, 0.15) is 5.56 Å². The summed E-state index contributed by atoms with van der Waals surface area (Å²) in [5, 5.41) is 4.88. The van der Waals surface area contributed by atoms with Gasteiger partial charge in [0.25, 0.3) is 0 Å². The molecular formula is C22H28N6. The number of likely N-dealkylation sites (N-methyl/N-ethyl adjacent to an activating group) is 1. The number of piperazine rings is 1. The Kier molecular flexibility index (Phi) is 4.76. The first-order valence-electron chi connectivity index (χ1n) is 10.2. The molecule has 2 aliphatic heterocycles. The van der Waals surface area contributed by atoms with E-state index in [1.165, 1.54) is 11.1 Å². The normalized spacial score (nSPS) is 19.2. The summed E-state index contributed by atoms with van der Waals surface area (Å²) < 4.78 is 2.38. The summed E-state index contributed by atoms with van der Waals surface area (Å²) >= 11 is 0. The van der Waals surface area contributed by atoms with E-state index in [4.69, 9.17) is 4.98 Å². The van der Waals surface area contributed by atoms with Gasteiger partial charge in [0.15, 0.2) is 0 Å². The van der Waals surface area contributed by atoms with E-state index >= 15 is 0 Å². The first-order valence-corrected chi connectivity index (χ1v) is 10.2. The van der Waals surface area contributed by atoms with Crippen molar-refractivity contribution in [2.75, 3.05) is 51.4 Å². The molecule has 0 atom stereocenters. The molecule has 0 bridgehead atoms. The van der Waals surface area contributed by atoms with Gasteiger partial charge in [-0.1, -0.05) is 42.5 Å². The van der Waals surface area contributed by atoms with Crippen molar-refractivity contribution >= 4 is 17.0 Å². The number of anilines is 1. The highest BCUT2D eigenvalue weighted by atomic mass is 15.7. The van der Waals surface area contributed by atoms with Gasteiger partial charge in [-0.25, -0.2) is 9.99 Å². The fourth-order valence-electron chi connectivity index (χ4n) is 4.22. The maximum absolute atomic E-state index is 4.99. The molecule has 28 heavy (non-hydrogen) atoms. The molecular weight excluding hydrogens is 348 g/mol. The summed E-state index contributed by atoms with van der Waals surface area (Å²) in [6.45, 7) is 7.13. The van der Waals surface area contributed by atoms with Crippen LogP contribution in [-0.4, -0.2) is 70.8 Å². The summed E-state index contributed by atoms with van der Waals surface area (Å²) in [5.41, 5.74) is 3.71. The number of aromatic nitrogens is 2. The molecule has 0 amide bonds. The summed E-state index contributed by atoms with van der Waals surface area (Å²) in [5.74, 6) is 1.08. The van der Waals surface area contributed by atoms with Crippen LogP contribution in [0.2, 0.25) is 0 Å². The minimum Gasteiger partial charge on any atom is -0.304 e. The monoisotopic (exact) mass is 376 g/mol. The molecule has 2 aromatic carbocycles. The number of nitrogens with zero attached hydrogens (tertiary/aromatic N) is 6. The number of hydrogen-bond acceptors (Lipinski definition) is 5. The summed E-state index contributed by atoms with van der Waals surface area (Å²) in [6, 6.07) is 19.3. The smallest absolute Gasteiger partial charge is 0.223 e. The third kappa shape index (κ3) is 3.39. The first-order chi connectivity index (χ1) is 13.8. The Labute approximate surface area is 166 Å². The van der Waals surface area contributed by atoms with E-state index in [2.05, 4.69) is 86.0 Å². The predicted octanol–water partition coefficient (Wildman–Crippen LogP) is 2.48. The van der Waals surface area contributed by atoms with E-state index in [9.17, 15) is 0 Å². The van der Waals surface area contributed by atoms with Crippen LogP contribution in [0.25, 0.3) is 11.0 Å². The van der Waals surface area contributed by atoms with Gasteiger partial charge in [-0.15, -0.1) is 0 Å². The van der Waals surface area contributed by atoms with Crippen molar-refractivity contribution in [2.45, 2.75) is 13.1 Å². The van der Waals surface area contributed by atoms with E-state index in [0.717, 1.165) is 63.9 Å². The average molecular weight is 377 g/mol. The fourth-order valence-corrected chi connectivity index (χ4v) is 4.22. The Morgan fingerprint density at radius 2 is 1.61 bits per heavy atom. The van der Waals surface area contributed by atoms with Gasteiger partial charge in [-0.3, -0.25) is 14.5 Å². The topological polar surface area (TPSA) is 30.8 Å². The molecule has 0 spiro atoms. The third-order valence-corrected chi connectivity index (χ3v) is 5.92. The largest absolute Gasteiger partial charge is 0.304 e. The van der Waals surface area contributed by atoms with E-state index in [0.29, 0.717) is 0 Å². The molecule has 0 aliphatic carbocycles. The molecule has 5 rings (SSSR count). The predicted molar refractivity (Wildman–Crippen MR) is 113 cm³/mol. The molecule has 1 saturated heterocycles. The van der Waals surface area contributed by atoms with Crippen LogP contribution in [0.15, 0.2) is 54.6 Å². The molecule has 0 unspecified atom stereocenters. The van der Waals surface area contributed by atoms with Crippen LogP contribution >= 0.6 is 0 Å². The quantitative estimate of drug-likeness (QED) is 0.698. The molecule has 6 nitrogen and oxygen atoms in total. The highest BCUT2D eigenvalue weighted by Crippen LogP contribution is 2.28.